The van der Waals surface area contributed by atoms with Gasteiger partial charge >= 0.3 is 0 Å². The van der Waals surface area contributed by atoms with E-state index in [9.17, 15) is 18.5 Å². The monoisotopic (exact) mass is 1020 g/mol. The number of sulfone groups is 1. The first-order chi connectivity index (χ1) is 33.6. The van der Waals surface area contributed by atoms with Crippen molar-refractivity contribution in [2.45, 2.75) is 90.2 Å². The molecule has 374 valence electrons. The Labute approximate surface area is 416 Å². The van der Waals surface area contributed by atoms with Crippen LogP contribution < -0.4 is 14.8 Å². The van der Waals surface area contributed by atoms with Crippen LogP contribution in [0.5, 0.6) is 11.5 Å². The van der Waals surface area contributed by atoms with E-state index >= 15 is 0 Å². The minimum absolute atomic E-state index is 0.0435. The molecule has 2 saturated heterocycles. The van der Waals surface area contributed by atoms with Gasteiger partial charge in [0, 0.05) is 31.1 Å². The van der Waals surface area contributed by atoms with Crippen LogP contribution in [0.15, 0.2) is 91.5 Å². The predicted octanol–water partition coefficient (Wildman–Crippen LogP) is 7.41. The summed E-state index contributed by atoms with van der Waals surface area (Å²) in [5.41, 5.74) is 1.73. The molecular weight excluding hydrogens is 956 g/mol. The number of benzene rings is 3. The van der Waals surface area contributed by atoms with Crippen LogP contribution in [0.25, 0.3) is 11.2 Å². The Morgan fingerprint density at radius 2 is 1.50 bits per heavy atom. The van der Waals surface area contributed by atoms with Gasteiger partial charge in [0.15, 0.2) is 39.2 Å². The number of methoxy groups -OCH3 is 2. The lowest BCUT2D eigenvalue weighted by molar-refractivity contribution is -0.118. The third-order valence-corrected chi connectivity index (χ3v) is 16.1. The van der Waals surface area contributed by atoms with Crippen LogP contribution in [-0.4, -0.2) is 131 Å². The first-order valence-electron chi connectivity index (χ1n) is 23.1. The Bertz CT molecular complexity index is 2640. The summed E-state index contributed by atoms with van der Waals surface area (Å²) in [5.74, 6) is 0.734. The Hall–Kier alpha value is -5.36. The minimum atomic E-state index is -3.27. The van der Waals surface area contributed by atoms with Crippen LogP contribution in [0.1, 0.15) is 70.9 Å². The highest BCUT2D eigenvalue weighted by molar-refractivity contribution is 7.91. The van der Waals surface area contributed by atoms with E-state index < -0.39 is 48.5 Å². The lowest BCUT2D eigenvalue weighted by atomic mass is 9.80. The number of carbonyl (C=O) groups excluding carboxylic acids is 1. The molecule has 5 atom stereocenters. The van der Waals surface area contributed by atoms with Crippen molar-refractivity contribution in [2.75, 3.05) is 57.3 Å². The number of ether oxygens (including phenoxy) is 5. The second-order valence-corrected chi connectivity index (χ2v) is 21.7. The molecule has 0 aliphatic carbocycles. The number of hydrogen-bond acceptors (Lipinski definition) is 16. The number of imidazole rings is 1. The molecule has 2 aliphatic heterocycles. The number of hydrogen-bond donors (Lipinski definition) is 1. The summed E-state index contributed by atoms with van der Waals surface area (Å²) in [6, 6.07) is 27.3. The van der Waals surface area contributed by atoms with Crippen molar-refractivity contribution in [2.24, 2.45) is 5.92 Å². The highest BCUT2D eigenvalue weighted by Gasteiger charge is 2.53. The minimum Gasteiger partial charge on any atom is -0.497 e. The fourth-order valence-corrected chi connectivity index (χ4v) is 11.7. The lowest BCUT2D eigenvalue weighted by Crippen LogP contribution is -2.48. The molecule has 3 aromatic carbocycles. The van der Waals surface area contributed by atoms with E-state index in [-0.39, 0.29) is 79.1 Å². The standard InChI is InChI=1S/C49H61N8O10PS2/c1-32(2)46(58)54-44-41-45(52-30-51-44)56(31-53-41)47-43(66-48(69)55-24-27-70(59,60)28-25-55)42(67-68(64-26-12-23-50)57(33(3)4)34(5)6)40(65-47)29-63-49(35-13-10-9-11-14-35,36-15-19-38(61-7)20-16-36)37-17-21-39(62-8)22-18-37/h9-11,13-22,30-34,40,42-43,47H,12,24-29H2,1-8H3,(H,51,52,54,58)/t40-,42?,43+,47-,68?/m1/s1. The second-order valence-electron chi connectivity index (χ2n) is 17.7. The van der Waals surface area contributed by atoms with Gasteiger partial charge in [0.25, 0.3) is 13.7 Å². The number of aromatic nitrogens is 4. The number of nitrogens with zero attached hydrogens (tertiary/aromatic N) is 7. The summed E-state index contributed by atoms with van der Waals surface area (Å²) in [6.45, 7) is 11.9. The van der Waals surface area contributed by atoms with Crippen molar-refractivity contribution < 1.29 is 45.9 Å². The number of nitriles is 1. The van der Waals surface area contributed by atoms with Crippen molar-refractivity contribution in [1.82, 2.24) is 29.1 Å². The number of fused-ring (bicyclic) bond motifs is 1. The van der Waals surface area contributed by atoms with Gasteiger partial charge in [0.05, 0.1) is 57.8 Å². The Morgan fingerprint density at radius 3 is 2.06 bits per heavy atom. The molecule has 5 aromatic rings. The molecule has 2 aliphatic rings. The van der Waals surface area contributed by atoms with E-state index in [1.165, 1.54) is 12.7 Å². The van der Waals surface area contributed by atoms with Gasteiger partial charge in [0.1, 0.15) is 35.6 Å². The summed E-state index contributed by atoms with van der Waals surface area (Å²) >= 11 is 6.01. The van der Waals surface area contributed by atoms with Crippen LogP contribution in [-0.2, 0) is 43.5 Å². The first kappa shape index (κ1) is 52.5. The first-order valence-corrected chi connectivity index (χ1v) is 26.5. The van der Waals surface area contributed by atoms with Crippen molar-refractivity contribution in [1.29, 1.82) is 5.26 Å². The summed E-state index contributed by atoms with van der Waals surface area (Å²) in [7, 11) is -1.99. The maximum atomic E-state index is 13.0. The van der Waals surface area contributed by atoms with Crippen molar-refractivity contribution in [3.8, 4) is 17.6 Å². The van der Waals surface area contributed by atoms with Gasteiger partial charge in [-0.05, 0) is 80.9 Å². The SMILES string of the molecule is COc1ccc(C(OC[C@H]2O[C@@H](n3cnc4c(NC(=O)C(C)C)ncnc43)[C@@H](OC(=S)N3CCS(=O)(=O)CC3)C2OP(OCCC#N)N(C(C)C)C(C)C)(c2ccccc2)c2ccc(OC)cc2)cc1. The molecular formula is C49H61N8O10PS2. The molecule has 0 radical (unpaired) electrons. The fourth-order valence-electron chi connectivity index (χ4n) is 8.48. The molecule has 4 heterocycles. The van der Waals surface area contributed by atoms with Crippen LogP contribution in [0.3, 0.4) is 0 Å². The number of nitrogens with one attached hydrogen (secondary N) is 1. The van der Waals surface area contributed by atoms with Gasteiger partial charge in [-0.2, -0.15) is 5.26 Å². The smallest absolute Gasteiger partial charge is 0.259 e. The quantitative estimate of drug-likeness (QED) is 0.0349. The molecule has 21 heteroatoms. The van der Waals surface area contributed by atoms with E-state index in [0.29, 0.717) is 22.7 Å². The van der Waals surface area contributed by atoms with Gasteiger partial charge in [-0.25, -0.2) is 28.0 Å². The Balaban J connectivity index is 1.40. The molecule has 0 saturated carbocycles. The molecule has 0 bridgehead atoms. The van der Waals surface area contributed by atoms with Crippen molar-refractivity contribution in [3.63, 3.8) is 0 Å². The lowest BCUT2D eigenvalue weighted by Gasteiger charge is -2.39. The number of anilines is 1. The Morgan fingerprint density at radius 1 is 0.900 bits per heavy atom. The van der Waals surface area contributed by atoms with Crippen LogP contribution in [0.4, 0.5) is 5.82 Å². The molecule has 18 nitrogen and oxygen atoms in total. The molecule has 7 rings (SSSR count). The highest BCUT2D eigenvalue weighted by Crippen LogP contribution is 2.52. The third kappa shape index (κ3) is 11.7. The molecule has 0 spiro atoms. The van der Waals surface area contributed by atoms with Crippen LogP contribution >= 0.6 is 20.7 Å². The summed E-state index contributed by atoms with van der Waals surface area (Å²) in [4.78, 5) is 28.4. The van der Waals surface area contributed by atoms with Crippen LogP contribution in [0, 0.1) is 17.2 Å². The third-order valence-electron chi connectivity index (χ3n) is 12.0. The zero-order valence-electron chi connectivity index (χ0n) is 40.6. The molecule has 2 unspecified atom stereocenters. The fraction of sp³-hybridized carbons (Fsp3) is 0.469. The van der Waals surface area contributed by atoms with E-state index in [4.69, 9.17) is 44.9 Å². The number of carbonyl (C=O) groups is 1. The highest BCUT2D eigenvalue weighted by atomic mass is 32.2. The molecule has 2 aromatic heterocycles. The average molecular weight is 1020 g/mol. The molecule has 1 amide bonds. The maximum absolute atomic E-state index is 13.0. The second kappa shape index (κ2) is 23.2. The van der Waals surface area contributed by atoms with E-state index in [2.05, 4.69) is 31.0 Å². The van der Waals surface area contributed by atoms with Gasteiger partial charge in [-0.3, -0.25) is 9.36 Å². The number of rotatable bonds is 20. The summed E-state index contributed by atoms with van der Waals surface area (Å²) < 4.78 is 75.5. The topological polar surface area (TPSA) is 202 Å². The maximum Gasteiger partial charge on any atom is 0.259 e. The average Bonchev–Trinajstić information content (AvgIpc) is 3.93. The van der Waals surface area contributed by atoms with Gasteiger partial charge < -0.3 is 42.9 Å². The predicted molar refractivity (Wildman–Crippen MR) is 269 cm³/mol. The largest absolute Gasteiger partial charge is 0.497 e. The van der Waals surface area contributed by atoms with E-state index in [1.54, 1.807) is 37.5 Å². The van der Waals surface area contributed by atoms with Gasteiger partial charge in [-0.15, -0.1) is 0 Å². The molecule has 70 heavy (non-hydrogen) atoms. The van der Waals surface area contributed by atoms with Gasteiger partial charge in [-0.1, -0.05) is 68.4 Å². The van der Waals surface area contributed by atoms with Crippen LogP contribution in [0.2, 0.25) is 0 Å². The van der Waals surface area contributed by atoms with Crippen molar-refractivity contribution in [3.05, 3.63) is 108 Å². The van der Waals surface area contributed by atoms with Gasteiger partial charge in [0.2, 0.25) is 5.91 Å². The summed E-state index contributed by atoms with van der Waals surface area (Å²) in [5, 5.41) is 12.5. The van der Waals surface area contributed by atoms with E-state index in [1.807, 2.05) is 107 Å². The normalized spacial score (nSPS) is 19.7. The number of amides is 1. The summed E-state index contributed by atoms with van der Waals surface area (Å²) in [6.07, 6.45) is -1.16. The molecule has 2 fully saturated rings. The van der Waals surface area contributed by atoms with E-state index in [0.717, 1.165) is 16.7 Å². The number of thiocarbonyl (C=S) groups is 1. The zero-order chi connectivity index (χ0) is 50.2. The molecule has 1 N–H and O–H groups in total. The Kier molecular flexibility index (Phi) is 17.4. The zero-order valence-corrected chi connectivity index (χ0v) is 43.2. The van der Waals surface area contributed by atoms with Crippen molar-refractivity contribution >= 4 is 58.6 Å².